The molecular weight excluding hydrogens is 327 g/mol. The standard InChI is InChI=1S/C19H24F3N3/c1-23-12-25-11-13(18-14(20)4-5-15(21)19(18)22)10-17(25)16(23)6-9-24-7-2-3-8-24/h4-5,13H,2-3,6-12H2,1H3/t13-/m0/s1. The van der Waals surface area contributed by atoms with Crippen LogP contribution in [0.4, 0.5) is 13.2 Å². The fraction of sp³-hybridized carbons (Fsp3) is 0.579. The van der Waals surface area contributed by atoms with Gasteiger partial charge in [-0.1, -0.05) is 0 Å². The first-order valence-corrected chi connectivity index (χ1v) is 9.08. The third kappa shape index (κ3) is 3.01. The Hall–Kier alpha value is -1.69. The van der Waals surface area contributed by atoms with E-state index in [-0.39, 0.29) is 11.5 Å². The first kappa shape index (κ1) is 16.8. The maximum absolute atomic E-state index is 14.2. The van der Waals surface area contributed by atoms with Crippen LogP contribution in [-0.2, 0) is 0 Å². The third-order valence-corrected chi connectivity index (χ3v) is 5.79. The number of allylic oxidation sites excluding steroid dienone is 1. The molecule has 0 bridgehead atoms. The lowest BCUT2D eigenvalue weighted by atomic mass is 9.95. The SMILES string of the molecule is CN1CN2C[C@@H](c3c(F)ccc(F)c3F)CC2=C1CCN1CCCC1. The highest BCUT2D eigenvalue weighted by atomic mass is 19.2. The Morgan fingerprint density at radius 1 is 1.08 bits per heavy atom. The molecule has 3 heterocycles. The molecule has 0 radical (unpaired) electrons. The number of fused-ring (bicyclic) bond motifs is 1. The van der Waals surface area contributed by atoms with Gasteiger partial charge in [-0.2, -0.15) is 0 Å². The summed E-state index contributed by atoms with van der Waals surface area (Å²) in [5, 5.41) is 0. The molecule has 0 spiro atoms. The Kier molecular flexibility index (Phi) is 4.40. The Morgan fingerprint density at radius 3 is 2.56 bits per heavy atom. The van der Waals surface area contributed by atoms with Crippen molar-refractivity contribution in [3.05, 3.63) is 46.5 Å². The molecule has 3 nitrogen and oxygen atoms in total. The summed E-state index contributed by atoms with van der Waals surface area (Å²) in [6.45, 7) is 4.66. The Balaban J connectivity index is 1.54. The summed E-state index contributed by atoms with van der Waals surface area (Å²) in [4.78, 5) is 6.90. The fourth-order valence-electron chi connectivity index (χ4n) is 4.52. The molecule has 1 atom stereocenters. The Morgan fingerprint density at radius 2 is 1.80 bits per heavy atom. The van der Waals surface area contributed by atoms with Crippen LogP contribution in [0.5, 0.6) is 0 Å². The molecule has 0 aliphatic carbocycles. The molecule has 0 saturated carbocycles. The lowest BCUT2D eigenvalue weighted by Crippen LogP contribution is -2.26. The zero-order valence-corrected chi connectivity index (χ0v) is 14.6. The first-order chi connectivity index (χ1) is 12.0. The van der Waals surface area contributed by atoms with Crippen molar-refractivity contribution in [3.63, 3.8) is 0 Å². The summed E-state index contributed by atoms with van der Waals surface area (Å²) < 4.78 is 41.8. The van der Waals surface area contributed by atoms with E-state index in [0.717, 1.165) is 31.8 Å². The summed E-state index contributed by atoms with van der Waals surface area (Å²) in [6, 6.07) is 1.89. The molecule has 3 aliphatic rings. The van der Waals surface area contributed by atoms with Crippen LogP contribution in [0.3, 0.4) is 0 Å². The highest BCUT2D eigenvalue weighted by Crippen LogP contribution is 2.42. The number of likely N-dealkylation sites (tertiary alicyclic amines) is 1. The van der Waals surface area contributed by atoms with Crippen LogP contribution in [0.25, 0.3) is 0 Å². The molecule has 2 saturated heterocycles. The molecule has 0 aromatic heterocycles. The highest BCUT2D eigenvalue weighted by Gasteiger charge is 2.38. The quantitative estimate of drug-likeness (QED) is 0.769. The van der Waals surface area contributed by atoms with E-state index < -0.39 is 17.5 Å². The normalized spacial score (nSPS) is 23.9. The van der Waals surface area contributed by atoms with Gasteiger partial charge >= 0.3 is 0 Å². The molecule has 4 rings (SSSR count). The predicted octanol–water partition coefficient (Wildman–Crippen LogP) is 3.49. The van der Waals surface area contributed by atoms with Gasteiger partial charge in [0.1, 0.15) is 5.82 Å². The molecule has 1 aromatic carbocycles. The van der Waals surface area contributed by atoms with Gasteiger partial charge in [0.15, 0.2) is 11.6 Å². The van der Waals surface area contributed by atoms with Gasteiger partial charge in [-0.25, -0.2) is 13.2 Å². The zero-order chi connectivity index (χ0) is 17.6. The summed E-state index contributed by atoms with van der Waals surface area (Å²) in [6.07, 6.45) is 4.09. The Bertz CT molecular complexity index is 697. The van der Waals surface area contributed by atoms with Crippen molar-refractivity contribution in [2.45, 2.75) is 31.6 Å². The largest absolute Gasteiger partial charge is 0.359 e. The third-order valence-electron chi connectivity index (χ3n) is 5.79. The predicted molar refractivity (Wildman–Crippen MR) is 90.3 cm³/mol. The molecular formula is C19H24F3N3. The minimum atomic E-state index is -1.03. The van der Waals surface area contributed by atoms with E-state index in [1.54, 1.807) is 0 Å². The van der Waals surface area contributed by atoms with E-state index in [2.05, 4.69) is 21.7 Å². The molecule has 0 amide bonds. The van der Waals surface area contributed by atoms with E-state index in [1.807, 2.05) is 0 Å². The summed E-state index contributed by atoms with van der Waals surface area (Å²) in [5.41, 5.74) is 2.35. The van der Waals surface area contributed by atoms with Gasteiger partial charge in [0.2, 0.25) is 0 Å². The van der Waals surface area contributed by atoms with Gasteiger partial charge in [-0.15, -0.1) is 0 Å². The van der Waals surface area contributed by atoms with Crippen LogP contribution in [0.2, 0.25) is 0 Å². The van der Waals surface area contributed by atoms with Crippen molar-refractivity contribution in [1.82, 2.24) is 14.7 Å². The summed E-state index contributed by atoms with van der Waals surface area (Å²) >= 11 is 0. The second-order valence-electron chi connectivity index (χ2n) is 7.41. The highest BCUT2D eigenvalue weighted by molar-refractivity contribution is 5.32. The maximum Gasteiger partial charge on any atom is 0.165 e. The van der Waals surface area contributed by atoms with Crippen LogP contribution < -0.4 is 0 Å². The average molecular weight is 351 g/mol. The van der Waals surface area contributed by atoms with Crippen LogP contribution in [0.15, 0.2) is 23.5 Å². The zero-order valence-electron chi connectivity index (χ0n) is 14.6. The molecule has 0 unspecified atom stereocenters. The van der Waals surface area contributed by atoms with E-state index in [9.17, 15) is 13.2 Å². The second kappa shape index (κ2) is 6.56. The number of halogens is 3. The van der Waals surface area contributed by atoms with Crippen molar-refractivity contribution < 1.29 is 13.2 Å². The Labute approximate surface area is 146 Å². The van der Waals surface area contributed by atoms with Gasteiger partial charge in [-0.3, -0.25) is 0 Å². The van der Waals surface area contributed by atoms with Crippen molar-refractivity contribution in [1.29, 1.82) is 0 Å². The number of rotatable bonds is 4. The lowest BCUT2D eigenvalue weighted by molar-refractivity contribution is 0.278. The molecule has 136 valence electrons. The van der Waals surface area contributed by atoms with Crippen molar-refractivity contribution >= 4 is 0 Å². The minimum absolute atomic E-state index is 0.0940. The number of nitrogens with zero attached hydrogens (tertiary/aromatic N) is 3. The average Bonchev–Trinajstić information content (AvgIpc) is 3.27. The fourth-order valence-corrected chi connectivity index (χ4v) is 4.52. The van der Waals surface area contributed by atoms with Crippen LogP contribution >= 0.6 is 0 Å². The van der Waals surface area contributed by atoms with Gasteiger partial charge in [-0.05, 0) is 44.5 Å². The molecule has 0 N–H and O–H groups in total. The topological polar surface area (TPSA) is 9.72 Å². The second-order valence-corrected chi connectivity index (χ2v) is 7.41. The van der Waals surface area contributed by atoms with E-state index >= 15 is 0 Å². The van der Waals surface area contributed by atoms with Crippen molar-refractivity contribution in [2.24, 2.45) is 0 Å². The van der Waals surface area contributed by atoms with E-state index in [1.165, 1.54) is 37.3 Å². The smallest absolute Gasteiger partial charge is 0.165 e. The van der Waals surface area contributed by atoms with Crippen LogP contribution in [-0.4, -0.2) is 54.6 Å². The van der Waals surface area contributed by atoms with Crippen LogP contribution in [0.1, 0.15) is 37.2 Å². The number of benzene rings is 1. The monoisotopic (exact) mass is 351 g/mol. The number of hydrogen-bond donors (Lipinski definition) is 0. The maximum atomic E-state index is 14.2. The summed E-state index contributed by atoms with van der Waals surface area (Å²) in [7, 11) is 2.07. The van der Waals surface area contributed by atoms with Crippen LogP contribution in [0, 0.1) is 17.5 Å². The molecule has 25 heavy (non-hydrogen) atoms. The van der Waals surface area contributed by atoms with Gasteiger partial charge < -0.3 is 14.7 Å². The van der Waals surface area contributed by atoms with Crippen molar-refractivity contribution in [3.8, 4) is 0 Å². The molecule has 6 heteroatoms. The van der Waals surface area contributed by atoms with Gasteiger partial charge in [0, 0.05) is 49.4 Å². The van der Waals surface area contributed by atoms with Crippen molar-refractivity contribution in [2.75, 3.05) is 39.9 Å². The molecule has 1 aromatic rings. The lowest BCUT2D eigenvalue weighted by Gasteiger charge is -2.22. The van der Waals surface area contributed by atoms with E-state index in [4.69, 9.17) is 0 Å². The first-order valence-electron chi connectivity index (χ1n) is 9.08. The molecule has 2 fully saturated rings. The van der Waals surface area contributed by atoms with Gasteiger partial charge in [0.05, 0.1) is 6.67 Å². The summed E-state index contributed by atoms with van der Waals surface area (Å²) in [5.74, 6) is -2.96. The minimum Gasteiger partial charge on any atom is -0.359 e. The van der Waals surface area contributed by atoms with Gasteiger partial charge in [0.25, 0.3) is 0 Å². The number of hydrogen-bond acceptors (Lipinski definition) is 3. The van der Waals surface area contributed by atoms with E-state index in [0.29, 0.717) is 13.0 Å². The molecule has 3 aliphatic heterocycles.